The second-order valence-corrected chi connectivity index (χ2v) is 7.54. The molecule has 1 heterocycles. The van der Waals surface area contributed by atoms with Crippen molar-refractivity contribution in [3.63, 3.8) is 0 Å². The van der Waals surface area contributed by atoms with E-state index in [2.05, 4.69) is 71.1 Å². The summed E-state index contributed by atoms with van der Waals surface area (Å²) in [6.45, 7) is 10.0. The highest BCUT2D eigenvalue weighted by Crippen LogP contribution is 2.26. The Morgan fingerprint density at radius 1 is 1.33 bits per heavy atom. The van der Waals surface area contributed by atoms with Crippen LogP contribution in [-0.4, -0.2) is 59.2 Å². The standard InChI is InChI=1S/C21H34N6/c1-5-22-21(24-15-16(2)26(4)18-11-12-18)23-13-8-14-27-17(3)25-19-9-6-7-10-20(19)27/h6-7,9-10,16,18H,5,8,11-15H2,1-4H3,(H2,22,23,24). The number of aryl methyl sites for hydroxylation is 2. The van der Waals surface area contributed by atoms with Crippen molar-refractivity contribution in [2.24, 2.45) is 4.99 Å². The van der Waals surface area contributed by atoms with Gasteiger partial charge >= 0.3 is 0 Å². The highest BCUT2D eigenvalue weighted by atomic mass is 15.2. The number of rotatable bonds is 9. The van der Waals surface area contributed by atoms with Gasteiger partial charge in [-0.3, -0.25) is 9.89 Å². The van der Waals surface area contributed by atoms with Gasteiger partial charge in [0.15, 0.2) is 5.96 Å². The Bertz CT molecular complexity index is 761. The van der Waals surface area contributed by atoms with Gasteiger partial charge in [0.1, 0.15) is 5.82 Å². The Morgan fingerprint density at radius 3 is 2.85 bits per heavy atom. The van der Waals surface area contributed by atoms with Crippen LogP contribution < -0.4 is 10.6 Å². The van der Waals surface area contributed by atoms with Gasteiger partial charge in [-0.05, 0) is 59.2 Å². The first-order chi connectivity index (χ1) is 13.1. The summed E-state index contributed by atoms with van der Waals surface area (Å²) >= 11 is 0. The molecule has 1 unspecified atom stereocenters. The van der Waals surface area contributed by atoms with Gasteiger partial charge in [0.25, 0.3) is 0 Å². The Hall–Kier alpha value is -2.08. The fraction of sp³-hybridized carbons (Fsp3) is 0.619. The molecular formula is C21H34N6. The van der Waals surface area contributed by atoms with Crippen LogP contribution in [0.3, 0.4) is 0 Å². The maximum Gasteiger partial charge on any atom is 0.191 e. The van der Waals surface area contributed by atoms with Crippen LogP contribution in [0.4, 0.5) is 0 Å². The lowest BCUT2D eigenvalue weighted by atomic mass is 10.3. The van der Waals surface area contributed by atoms with Gasteiger partial charge in [-0.1, -0.05) is 12.1 Å². The van der Waals surface area contributed by atoms with E-state index < -0.39 is 0 Å². The average Bonchev–Trinajstić information content (AvgIpc) is 3.46. The first-order valence-corrected chi connectivity index (χ1v) is 10.3. The fourth-order valence-electron chi connectivity index (χ4n) is 3.46. The molecule has 0 radical (unpaired) electrons. The predicted octanol–water partition coefficient (Wildman–Crippen LogP) is 2.77. The van der Waals surface area contributed by atoms with Gasteiger partial charge in [0.2, 0.25) is 0 Å². The smallest absolute Gasteiger partial charge is 0.191 e. The molecule has 0 aliphatic heterocycles. The Morgan fingerprint density at radius 2 is 2.11 bits per heavy atom. The quantitative estimate of drug-likeness (QED) is 0.405. The maximum atomic E-state index is 4.78. The van der Waals surface area contributed by atoms with E-state index in [4.69, 9.17) is 4.99 Å². The van der Waals surface area contributed by atoms with Crippen LogP contribution in [0.2, 0.25) is 0 Å². The number of imidazole rings is 1. The van der Waals surface area contributed by atoms with Gasteiger partial charge in [0, 0.05) is 31.7 Å². The van der Waals surface area contributed by atoms with Crippen molar-refractivity contribution in [3.8, 4) is 0 Å². The minimum absolute atomic E-state index is 0.480. The molecule has 1 aliphatic carbocycles. The molecule has 1 atom stereocenters. The van der Waals surface area contributed by atoms with Crippen LogP contribution in [0, 0.1) is 6.92 Å². The van der Waals surface area contributed by atoms with Crippen LogP contribution in [0.1, 0.15) is 38.9 Å². The molecule has 148 valence electrons. The van der Waals surface area contributed by atoms with Crippen molar-refractivity contribution in [2.75, 3.05) is 26.7 Å². The van der Waals surface area contributed by atoms with Crippen LogP contribution in [0.5, 0.6) is 0 Å². The number of hydrogen-bond acceptors (Lipinski definition) is 3. The molecular weight excluding hydrogens is 336 g/mol. The molecule has 1 saturated carbocycles. The van der Waals surface area contributed by atoms with Crippen LogP contribution in [0.25, 0.3) is 11.0 Å². The van der Waals surface area contributed by atoms with Crippen molar-refractivity contribution < 1.29 is 0 Å². The largest absolute Gasteiger partial charge is 0.357 e. The molecule has 0 amide bonds. The molecule has 6 heteroatoms. The molecule has 6 nitrogen and oxygen atoms in total. The topological polar surface area (TPSA) is 57.5 Å². The summed E-state index contributed by atoms with van der Waals surface area (Å²) in [6, 6.07) is 9.60. The normalized spacial score (nSPS) is 16.1. The summed E-state index contributed by atoms with van der Waals surface area (Å²) in [5.41, 5.74) is 2.29. The number of nitrogens with zero attached hydrogens (tertiary/aromatic N) is 4. The number of para-hydroxylation sites is 2. The van der Waals surface area contributed by atoms with Crippen molar-refractivity contribution in [3.05, 3.63) is 30.1 Å². The molecule has 2 N–H and O–H groups in total. The number of aliphatic imine (C=N–C) groups is 1. The SMILES string of the molecule is CCNC(=NCC(C)N(C)C1CC1)NCCCn1c(C)nc2ccccc21. The summed E-state index contributed by atoms with van der Waals surface area (Å²) in [5.74, 6) is 1.99. The number of aromatic nitrogens is 2. The molecule has 2 aromatic rings. The van der Waals surface area contributed by atoms with E-state index in [0.29, 0.717) is 6.04 Å². The van der Waals surface area contributed by atoms with Crippen molar-refractivity contribution in [1.29, 1.82) is 0 Å². The zero-order valence-corrected chi connectivity index (χ0v) is 17.2. The summed E-state index contributed by atoms with van der Waals surface area (Å²) in [7, 11) is 2.22. The number of fused-ring (bicyclic) bond motifs is 1. The van der Waals surface area contributed by atoms with Gasteiger partial charge in [0.05, 0.1) is 17.6 Å². The van der Waals surface area contributed by atoms with E-state index in [-0.39, 0.29) is 0 Å². The van der Waals surface area contributed by atoms with Crippen molar-refractivity contribution in [1.82, 2.24) is 25.1 Å². The lowest BCUT2D eigenvalue weighted by molar-refractivity contribution is 0.253. The molecule has 1 fully saturated rings. The molecule has 3 rings (SSSR count). The zero-order valence-electron chi connectivity index (χ0n) is 17.2. The lowest BCUT2D eigenvalue weighted by Gasteiger charge is -2.23. The average molecular weight is 371 g/mol. The van der Waals surface area contributed by atoms with Crippen LogP contribution in [-0.2, 0) is 6.54 Å². The maximum absolute atomic E-state index is 4.78. The fourth-order valence-corrected chi connectivity index (χ4v) is 3.46. The highest BCUT2D eigenvalue weighted by Gasteiger charge is 2.28. The third kappa shape index (κ3) is 5.22. The third-order valence-electron chi connectivity index (χ3n) is 5.37. The first kappa shape index (κ1) is 19.7. The van der Waals surface area contributed by atoms with E-state index in [0.717, 1.165) is 55.9 Å². The van der Waals surface area contributed by atoms with Crippen molar-refractivity contribution in [2.45, 2.75) is 58.7 Å². The number of benzene rings is 1. The summed E-state index contributed by atoms with van der Waals surface area (Å²) in [4.78, 5) is 11.9. The van der Waals surface area contributed by atoms with Gasteiger partial charge < -0.3 is 15.2 Å². The zero-order chi connectivity index (χ0) is 19.2. The van der Waals surface area contributed by atoms with E-state index in [9.17, 15) is 0 Å². The minimum Gasteiger partial charge on any atom is -0.357 e. The van der Waals surface area contributed by atoms with Crippen molar-refractivity contribution >= 4 is 17.0 Å². The van der Waals surface area contributed by atoms with Gasteiger partial charge in [-0.15, -0.1) is 0 Å². The first-order valence-electron chi connectivity index (χ1n) is 10.3. The monoisotopic (exact) mass is 370 g/mol. The van der Waals surface area contributed by atoms with E-state index in [1.807, 2.05) is 6.07 Å². The van der Waals surface area contributed by atoms with Gasteiger partial charge in [-0.25, -0.2) is 4.98 Å². The number of guanidine groups is 1. The van der Waals surface area contributed by atoms with E-state index in [1.54, 1.807) is 0 Å². The predicted molar refractivity (Wildman–Crippen MR) is 113 cm³/mol. The van der Waals surface area contributed by atoms with E-state index in [1.165, 1.54) is 18.4 Å². The number of nitrogens with one attached hydrogen (secondary N) is 2. The molecule has 1 aromatic heterocycles. The lowest BCUT2D eigenvalue weighted by Crippen LogP contribution is -2.40. The molecule has 0 saturated heterocycles. The Labute approximate surface area is 163 Å². The Kier molecular flexibility index (Phi) is 6.72. The summed E-state index contributed by atoms with van der Waals surface area (Å²) in [5, 5.41) is 6.83. The van der Waals surface area contributed by atoms with Crippen LogP contribution in [0.15, 0.2) is 29.3 Å². The molecule has 0 spiro atoms. The highest BCUT2D eigenvalue weighted by molar-refractivity contribution is 5.79. The van der Waals surface area contributed by atoms with Crippen LogP contribution >= 0.6 is 0 Å². The number of likely N-dealkylation sites (N-methyl/N-ethyl adjacent to an activating group) is 1. The molecule has 0 bridgehead atoms. The second-order valence-electron chi connectivity index (χ2n) is 7.54. The Balaban J connectivity index is 1.48. The number of hydrogen-bond donors (Lipinski definition) is 2. The van der Waals surface area contributed by atoms with E-state index >= 15 is 0 Å². The second kappa shape index (κ2) is 9.22. The molecule has 1 aliphatic rings. The summed E-state index contributed by atoms with van der Waals surface area (Å²) in [6.07, 6.45) is 3.71. The molecule has 27 heavy (non-hydrogen) atoms. The third-order valence-corrected chi connectivity index (χ3v) is 5.37. The summed E-state index contributed by atoms with van der Waals surface area (Å²) < 4.78 is 2.30. The molecule has 1 aromatic carbocycles. The minimum atomic E-state index is 0.480. The van der Waals surface area contributed by atoms with Gasteiger partial charge in [-0.2, -0.15) is 0 Å².